The third-order valence-corrected chi connectivity index (χ3v) is 4.75. The third kappa shape index (κ3) is 5.27. The molecule has 16 heavy (non-hydrogen) atoms. The van der Waals surface area contributed by atoms with Crippen molar-refractivity contribution in [3.8, 4) is 0 Å². The first-order chi connectivity index (χ1) is 7.39. The minimum absolute atomic E-state index is 0.312. The van der Waals surface area contributed by atoms with Crippen molar-refractivity contribution < 1.29 is 8.42 Å². The van der Waals surface area contributed by atoms with E-state index in [4.69, 9.17) is 0 Å². The SMILES string of the molecule is CC(C)NCC(C)NCC1CCS(=O)(=O)C1. The summed E-state index contributed by atoms with van der Waals surface area (Å²) < 4.78 is 22.5. The van der Waals surface area contributed by atoms with Crippen LogP contribution in [0.15, 0.2) is 0 Å². The molecule has 0 saturated carbocycles. The van der Waals surface area contributed by atoms with Crippen molar-refractivity contribution in [1.82, 2.24) is 10.6 Å². The number of hydrogen-bond acceptors (Lipinski definition) is 4. The van der Waals surface area contributed by atoms with Crippen LogP contribution in [0.25, 0.3) is 0 Å². The molecule has 1 aliphatic heterocycles. The van der Waals surface area contributed by atoms with Gasteiger partial charge in [-0.1, -0.05) is 13.8 Å². The van der Waals surface area contributed by atoms with Gasteiger partial charge in [-0.25, -0.2) is 8.42 Å². The van der Waals surface area contributed by atoms with Crippen LogP contribution in [0.5, 0.6) is 0 Å². The van der Waals surface area contributed by atoms with Crippen LogP contribution in [0.2, 0.25) is 0 Å². The van der Waals surface area contributed by atoms with E-state index in [0.29, 0.717) is 29.5 Å². The van der Waals surface area contributed by atoms with E-state index in [0.717, 1.165) is 19.5 Å². The summed E-state index contributed by atoms with van der Waals surface area (Å²) in [6.45, 7) is 8.11. The van der Waals surface area contributed by atoms with Gasteiger partial charge in [0, 0.05) is 18.6 Å². The lowest BCUT2D eigenvalue weighted by Crippen LogP contribution is -2.41. The highest BCUT2D eigenvalue weighted by Gasteiger charge is 2.27. The van der Waals surface area contributed by atoms with Crippen LogP contribution in [0.4, 0.5) is 0 Å². The summed E-state index contributed by atoms with van der Waals surface area (Å²) in [6.07, 6.45) is 0.819. The molecule has 1 aliphatic rings. The molecule has 0 aromatic carbocycles. The summed E-state index contributed by atoms with van der Waals surface area (Å²) in [5.74, 6) is 1.05. The van der Waals surface area contributed by atoms with Gasteiger partial charge in [0.05, 0.1) is 11.5 Å². The fourth-order valence-electron chi connectivity index (χ4n) is 1.89. The minimum Gasteiger partial charge on any atom is -0.313 e. The molecule has 0 radical (unpaired) electrons. The summed E-state index contributed by atoms with van der Waals surface area (Å²) in [4.78, 5) is 0. The second kappa shape index (κ2) is 5.98. The topological polar surface area (TPSA) is 58.2 Å². The number of sulfone groups is 1. The summed E-state index contributed by atoms with van der Waals surface area (Å²) >= 11 is 0. The molecule has 0 aromatic heterocycles. The Morgan fingerprint density at radius 1 is 1.25 bits per heavy atom. The van der Waals surface area contributed by atoms with E-state index in [1.54, 1.807) is 0 Å². The predicted octanol–water partition coefficient (Wildman–Crippen LogP) is 0.397. The Morgan fingerprint density at radius 2 is 1.94 bits per heavy atom. The Morgan fingerprint density at radius 3 is 2.44 bits per heavy atom. The summed E-state index contributed by atoms with van der Waals surface area (Å²) in [5, 5.41) is 6.75. The largest absolute Gasteiger partial charge is 0.313 e. The molecule has 0 amide bonds. The number of nitrogens with one attached hydrogen (secondary N) is 2. The van der Waals surface area contributed by atoms with Gasteiger partial charge in [-0.3, -0.25) is 0 Å². The molecule has 0 aliphatic carbocycles. The van der Waals surface area contributed by atoms with Crippen LogP contribution in [0, 0.1) is 5.92 Å². The van der Waals surface area contributed by atoms with E-state index >= 15 is 0 Å². The molecular weight excluding hydrogens is 224 g/mol. The molecule has 1 rings (SSSR count). The molecule has 0 spiro atoms. The molecule has 4 nitrogen and oxygen atoms in total. The van der Waals surface area contributed by atoms with Crippen molar-refractivity contribution in [2.45, 2.75) is 39.3 Å². The van der Waals surface area contributed by atoms with Gasteiger partial charge in [0.2, 0.25) is 0 Å². The molecule has 0 bridgehead atoms. The molecule has 2 atom stereocenters. The Bertz CT molecular complexity index is 301. The molecule has 0 aromatic rings. The van der Waals surface area contributed by atoms with Crippen LogP contribution in [0.1, 0.15) is 27.2 Å². The molecule has 2 N–H and O–H groups in total. The highest BCUT2D eigenvalue weighted by atomic mass is 32.2. The van der Waals surface area contributed by atoms with Gasteiger partial charge in [0.1, 0.15) is 0 Å². The zero-order valence-corrected chi connectivity index (χ0v) is 11.3. The van der Waals surface area contributed by atoms with Crippen molar-refractivity contribution in [2.75, 3.05) is 24.6 Å². The van der Waals surface area contributed by atoms with Gasteiger partial charge in [-0.15, -0.1) is 0 Å². The van der Waals surface area contributed by atoms with Crippen molar-refractivity contribution in [2.24, 2.45) is 5.92 Å². The van der Waals surface area contributed by atoms with E-state index in [1.807, 2.05) is 0 Å². The number of rotatable bonds is 6. The van der Waals surface area contributed by atoms with Crippen molar-refractivity contribution >= 4 is 9.84 Å². The summed E-state index contributed by atoms with van der Waals surface area (Å²) in [7, 11) is -2.72. The first-order valence-electron chi connectivity index (χ1n) is 6.06. The molecule has 2 unspecified atom stereocenters. The van der Waals surface area contributed by atoms with E-state index in [2.05, 4.69) is 31.4 Å². The van der Waals surface area contributed by atoms with Crippen LogP contribution in [-0.2, 0) is 9.84 Å². The Balaban J connectivity index is 2.15. The van der Waals surface area contributed by atoms with Crippen LogP contribution in [-0.4, -0.2) is 45.1 Å². The van der Waals surface area contributed by atoms with Gasteiger partial charge in [-0.05, 0) is 25.8 Å². The van der Waals surface area contributed by atoms with E-state index < -0.39 is 9.84 Å². The summed E-state index contributed by atoms with van der Waals surface area (Å²) in [5.41, 5.74) is 0. The second-order valence-electron chi connectivity index (χ2n) is 5.14. The van der Waals surface area contributed by atoms with Gasteiger partial charge in [0.25, 0.3) is 0 Å². The lowest BCUT2D eigenvalue weighted by molar-refractivity contribution is 0.434. The Kier molecular flexibility index (Phi) is 5.21. The molecule has 1 fully saturated rings. The zero-order chi connectivity index (χ0) is 12.2. The maximum atomic E-state index is 11.3. The molecular formula is C11H24N2O2S. The van der Waals surface area contributed by atoms with Crippen molar-refractivity contribution in [3.63, 3.8) is 0 Å². The third-order valence-electron chi connectivity index (χ3n) is 2.91. The maximum absolute atomic E-state index is 11.3. The monoisotopic (exact) mass is 248 g/mol. The fourth-order valence-corrected chi connectivity index (χ4v) is 3.75. The van der Waals surface area contributed by atoms with E-state index in [-0.39, 0.29) is 0 Å². The Labute approximate surface area is 99.1 Å². The molecule has 5 heteroatoms. The van der Waals surface area contributed by atoms with Crippen molar-refractivity contribution in [1.29, 1.82) is 0 Å². The molecule has 1 heterocycles. The standard InChI is InChI=1S/C11H24N2O2S/c1-9(2)12-6-10(3)13-7-11-4-5-16(14,15)8-11/h9-13H,4-8H2,1-3H3. The Hall–Kier alpha value is -0.130. The van der Waals surface area contributed by atoms with Gasteiger partial charge >= 0.3 is 0 Å². The van der Waals surface area contributed by atoms with Gasteiger partial charge < -0.3 is 10.6 Å². The van der Waals surface area contributed by atoms with Crippen LogP contribution >= 0.6 is 0 Å². The van der Waals surface area contributed by atoms with Crippen molar-refractivity contribution in [3.05, 3.63) is 0 Å². The average Bonchev–Trinajstić information content (AvgIpc) is 2.52. The van der Waals surface area contributed by atoms with E-state index in [1.165, 1.54) is 0 Å². The van der Waals surface area contributed by atoms with Gasteiger partial charge in [0.15, 0.2) is 9.84 Å². The summed E-state index contributed by atoms with van der Waals surface area (Å²) in [6, 6.07) is 0.891. The average molecular weight is 248 g/mol. The molecule has 1 saturated heterocycles. The van der Waals surface area contributed by atoms with Gasteiger partial charge in [-0.2, -0.15) is 0 Å². The van der Waals surface area contributed by atoms with E-state index in [9.17, 15) is 8.42 Å². The zero-order valence-electron chi connectivity index (χ0n) is 10.5. The number of hydrogen-bond donors (Lipinski definition) is 2. The normalized spacial score (nSPS) is 26.1. The second-order valence-corrected chi connectivity index (χ2v) is 7.37. The first kappa shape index (κ1) is 13.9. The van der Waals surface area contributed by atoms with Crippen LogP contribution < -0.4 is 10.6 Å². The highest BCUT2D eigenvalue weighted by molar-refractivity contribution is 7.91. The first-order valence-corrected chi connectivity index (χ1v) is 7.88. The smallest absolute Gasteiger partial charge is 0.150 e. The fraction of sp³-hybridized carbons (Fsp3) is 1.00. The predicted molar refractivity (Wildman–Crippen MR) is 67.4 cm³/mol. The van der Waals surface area contributed by atoms with Crippen LogP contribution in [0.3, 0.4) is 0 Å². The minimum atomic E-state index is -2.72. The quantitative estimate of drug-likeness (QED) is 0.714. The molecule has 96 valence electrons. The lowest BCUT2D eigenvalue weighted by atomic mass is 10.1. The maximum Gasteiger partial charge on any atom is 0.150 e. The lowest BCUT2D eigenvalue weighted by Gasteiger charge is -2.18. The highest BCUT2D eigenvalue weighted by Crippen LogP contribution is 2.17.